The zero-order valence-corrected chi connectivity index (χ0v) is 10.0. The second-order valence-corrected chi connectivity index (χ2v) is 4.57. The van der Waals surface area contributed by atoms with E-state index < -0.39 is 0 Å². The van der Waals surface area contributed by atoms with Crippen molar-refractivity contribution in [2.24, 2.45) is 0 Å². The number of rotatable bonds is 5. The first-order chi connectivity index (χ1) is 7.33. The predicted octanol–water partition coefficient (Wildman–Crippen LogP) is 2.33. The van der Waals surface area contributed by atoms with Crippen molar-refractivity contribution in [2.75, 3.05) is 6.54 Å². The Hall–Kier alpha value is -0.870. The SMILES string of the molecule is CCNC(CC)Cc1cn2ccsc2n1. The summed E-state index contributed by atoms with van der Waals surface area (Å²) in [6, 6.07) is 0.555. The zero-order valence-electron chi connectivity index (χ0n) is 9.23. The minimum Gasteiger partial charge on any atom is -0.314 e. The number of nitrogens with one attached hydrogen (secondary N) is 1. The molecule has 0 saturated heterocycles. The second kappa shape index (κ2) is 4.77. The van der Waals surface area contributed by atoms with Crippen LogP contribution in [0.1, 0.15) is 26.0 Å². The lowest BCUT2D eigenvalue weighted by Crippen LogP contribution is -2.30. The summed E-state index contributed by atoms with van der Waals surface area (Å²) in [4.78, 5) is 5.68. The van der Waals surface area contributed by atoms with E-state index in [2.05, 4.69) is 46.3 Å². The molecule has 0 bridgehead atoms. The third kappa shape index (κ3) is 2.38. The van der Waals surface area contributed by atoms with Crippen molar-refractivity contribution >= 4 is 16.3 Å². The third-order valence-corrected chi connectivity index (χ3v) is 3.36. The Kier molecular flexibility index (Phi) is 3.38. The van der Waals surface area contributed by atoms with Gasteiger partial charge in [-0.3, -0.25) is 4.40 Å². The maximum Gasteiger partial charge on any atom is 0.193 e. The summed E-state index contributed by atoms with van der Waals surface area (Å²) >= 11 is 1.69. The van der Waals surface area contributed by atoms with Crippen LogP contribution in [0.2, 0.25) is 0 Å². The van der Waals surface area contributed by atoms with Crippen LogP contribution in [0.25, 0.3) is 4.96 Å². The van der Waals surface area contributed by atoms with Gasteiger partial charge in [-0.2, -0.15) is 0 Å². The molecule has 0 aliphatic heterocycles. The van der Waals surface area contributed by atoms with Gasteiger partial charge >= 0.3 is 0 Å². The number of hydrogen-bond donors (Lipinski definition) is 1. The average molecular weight is 223 g/mol. The van der Waals surface area contributed by atoms with Crippen molar-refractivity contribution in [1.29, 1.82) is 0 Å². The first kappa shape index (κ1) is 10.6. The molecule has 82 valence electrons. The summed E-state index contributed by atoms with van der Waals surface area (Å²) in [6.07, 6.45) is 6.37. The summed E-state index contributed by atoms with van der Waals surface area (Å²) in [5, 5.41) is 5.53. The van der Waals surface area contributed by atoms with E-state index in [9.17, 15) is 0 Å². The van der Waals surface area contributed by atoms with Crippen molar-refractivity contribution in [2.45, 2.75) is 32.7 Å². The standard InChI is InChI=1S/C11H17N3S/c1-3-9(12-4-2)7-10-8-14-5-6-15-11(14)13-10/h5-6,8-9,12H,3-4,7H2,1-2H3. The smallest absolute Gasteiger partial charge is 0.193 e. The molecule has 1 atom stereocenters. The summed E-state index contributed by atoms with van der Waals surface area (Å²) < 4.78 is 2.10. The summed E-state index contributed by atoms with van der Waals surface area (Å²) in [7, 11) is 0. The molecule has 2 rings (SSSR count). The molecule has 1 unspecified atom stereocenters. The molecule has 0 fully saturated rings. The summed E-state index contributed by atoms with van der Waals surface area (Å²) in [6.45, 7) is 5.39. The summed E-state index contributed by atoms with van der Waals surface area (Å²) in [5.74, 6) is 0. The van der Waals surface area contributed by atoms with E-state index in [4.69, 9.17) is 0 Å². The van der Waals surface area contributed by atoms with Gasteiger partial charge < -0.3 is 5.32 Å². The maximum absolute atomic E-state index is 4.58. The number of fused-ring (bicyclic) bond motifs is 1. The van der Waals surface area contributed by atoms with Gasteiger partial charge in [-0.15, -0.1) is 11.3 Å². The van der Waals surface area contributed by atoms with Crippen molar-refractivity contribution in [3.8, 4) is 0 Å². The topological polar surface area (TPSA) is 29.3 Å². The number of nitrogens with zero attached hydrogens (tertiary/aromatic N) is 2. The Morgan fingerprint density at radius 2 is 2.40 bits per heavy atom. The Morgan fingerprint density at radius 3 is 3.07 bits per heavy atom. The van der Waals surface area contributed by atoms with Gasteiger partial charge in [0.15, 0.2) is 4.96 Å². The van der Waals surface area contributed by atoms with Crippen LogP contribution >= 0.6 is 11.3 Å². The molecule has 0 amide bonds. The van der Waals surface area contributed by atoms with Crippen LogP contribution in [0.5, 0.6) is 0 Å². The fraction of sp³-hybridized carbons (Fsp3) is 0.545. The fourth-order valence-electron chi connectivity index (χ4n) is 1.78. The third-order valence-electron chi connectivity index (χ3n) is 2.58. The van der Waals surface area contributed by atoms with Crippen molar-refractivity contribution in [1.82, 2.24) is 14.7 Å². The normalized spacial score (nSPS) is 13.5. The van der Waals surface area contributed by atoms with Gasteiger partial charge in [0.1, 0.15) is 0 Å². The molecule has 3 nitrogen and oxygen atoms in total. The van der Waals surface area contributed by atoms with Gasteiger partial charge in [0.2, 0.25) is 0 Å². The minimum absolute atomic E-state index is 0.555. The molecule has 0 saturated carbocycles. The Balaban J connectivity index is 2.07. The van der Waals surface area contributed by atoms with Crippen LogP contribution < -0.4 is 5.32 Å². The van der Waals surface area contributed by atoms with Gasteiger partial charge in [-0.1, -0.05) is 13.8 Å². The number of imidazole rings is 1. The molecule has 0 aliphatic carbocycles. The number of hydrogen-bond acceptors (Lipinski definition) is 3. The number of aromatic nitrogens is 2. The first-order valence-corrected chi connectivity index (χ1v) is 6.36. The molecule has 15 heavy (non-hydrogen) atoms. The minimum atomic E-state index is 0.555. The molecular formula is C11H17N3S. The Labute approximate surface area is 94.1 Å². The average Bonchev–Trinajstić information content (AvgIpc) is 2.77. The molecular weight excluding hydrogens is 206 g/mol. The molecule has 1 N–H and O–H groups in total. The van der Waals surface area contributed by atoms with Crippen molar-refractivity contribution in [3.05, 3.63) is 23.5 Å². The molecule has 2 aromatic heterocycles. The van der Waals surface area contributed by atoms with Crippen molar-refractivity contribution in [3.63, 3.8) is 0 Å². The number of thiazole rings is 1. The lowest BCUT2D eigenvalue weighted by atomic mass is 10.1. The Bertz CT molecular complexity index is 390. The fourth-order valence-corrected chi connectivity index (χ4v) is 2.50. The molecule has 2 heterocycles. The molecule has 0 radical (unpaired) electrons. The van der Waals surface area contributed by atoms with Gasteiger partial charge in [0, 0.05) is 30.2 Å². The highest BCUT2D eigenvalue weighted by Gasteiger charge is 2.09. The lowest BCUT2D eigenvalue weighted by Gasteiger charge is -2.13. The molecule has 4 heteroatoms. The van der Waals surface area contributed by atoms with Crippen LogP contribution in [-0.4, -0.2) is 22.0 Å². The van der Waals surface area contributed by atoms with Gasteiger partial charge in [0.25, 0.3) is 0 Å². The van der Waals surface area contributed by atoms with E-state index >= 15 is 0 Å². The Morgan fingerprint density at radius 1 is 1.53 bits per heavy atom. The van der Waals surface area contributed by atoms with E-state index in [1.165, 1.54) is 5.69 Å². The van der Waals surface area contributed by atoms with E-state index in [-0.39, 0.29) is 0 Å². The van der Waals surface area contributed by atoms with E-state index in [1.807, 2.05) is 0 Å². The van der Waals surface area contributed by atoms with Crippen LogP contribution in [0.15, 0.2) is 17.8 Å². The van der Waals surface area contributed by atoms with Crippen LogP contribution in [0, 0.1) is 0 Å². The van der Waals surface area contributed by atoms with Crippen LogP contribution in [-0.2, 0) is 6.42 Å². The largest absolute Gasteiger partial charge is 0.314 e. The highest BCUT2D eigenvalue weighted by atomic mass is 32.1. The van der Waals surface area contributed by atoms with Crippen molar-refractivity contribution < 1.29 is 0 Å². The zero-order chi connectivity index (χ0) is 10.7. The first-order valence-electron chi connectivity index (χ1n) is 5.48. The summed E-state index contributed by atoms with van der Waals surface area (Å²) in [5.41, 5.74) is 1.19. The maximum atomic E-state index is 4.58. The molecule has 0 aromatic carbocycles. The van der Waals surface area contributed by atoms with Gasteiger partial charge in [-0.05, 0) is 13.0 Å². The van der Waals surface area contributed by atoms with Gasteiger partial charge in [0.05, 0.1) is 5.69 Å². The predicted molar refractivity (Wildman–Crippen MR) is 64.5 cm³/mol. The number of likely N-dealkylation sites (N-methyl/N-ethyl adjacent to an activating group) is 1. The van der Waals surface area contributed by atoms with E-state index in [0.29, 0.717) is 6.04 Å². The second-order valence-electron chi connectivity index (χ2n) is 3.69. The highest BCUT2D eigenvalue weighted by Crippen LogP contribution is 2.13. The quantitative estimate of drug-likeness (QED) is 0.843. The lowest BCUT2D eigenvalue weighted by molar-refractivity contribution is 0.506. The van der Waals surface area contributed by atoms with Crippen LogP contribution in [0.3, 0.4) is 0 Å². The molecule has 0 spiro atoms. The monoisotopic (exact) mass is 223 g/mol. The van der Waals surface area contributed by atoms with E-state index in [0.717, 1.165) is 24.3 Å². The highest BCUT2D eigenvalue weighted by molar-refractivity contribution is 7.15. The molecule has 0 aliphatic rings. The van der Waals surface area contributed by atoms with Crippen LogP contribution in [0.4, 0.5) is 0 Å². The van der Waals surface area contributed by atoms with E-state index in [1.54, 1.807) is 11.3 Å². The van der Waals surface area contributed by atoms with Gasteiger partial charge in [-0.25, -0.2) is 4.98 Å². The molecule has 2 aromatic rings.